The number of aromatic nitrogens is 2. The van der Waals surface area contributed by atoms with Crippen LogP contribution >= 0.6 is 0 Å². The van der Waals surface area contributed by atoms with Crippen LogP contribution in [0.3, 0.4) is 0 Å². The predicted octanol–water partition coefficient (Wildman–Crippen LogP) is 2.23. The van der Waals surface area contributed by atoms with E-state index >= 15 is 0 Å². The summed E-state index contributed by atoms with van der Waals surface area (Å²) in [6, 6.07) is 0.0931. The number of hydrogen-bond acceptors (Lipinski definition) is 5. The molecule has 1 rings (SSSR count). The van der Waals surface area contributed by atoms with Gasteiger partial charge in [0.1, 0.15) is 6.10 Å². The monoisotopic (exact) mass is 227 g/mol. The molecule has 1 aromatic heterocycles. The van der Waals surface area contributed by atoms with Crippen molar-refractivity contribution in [1.29, 1.82) is 0 Å². The Morgan fingerprint density at radius 1 is 1.44 bits per heavy atom. The Morgan fingerprint density at radius 3 is 2.75 bits per heavy atom. The van der Waals surface area contributed by atoms with Crippen LogP contribution < -0.4 is 5.32 Å². The molecule has 92 valence electrons. The Morgan fingerprint density at radius 2 is 2.19 bits per heavy atom. The first-order valence-corrected chi connectivity index (χ1v) is 5.82. The predicted molar refractivity (Wildman–Crippen MR) is 61.0 cm³/mol. The van der Waals surface area contributed by atoms with Crippen molar-refractivity contribution >= 4 is 0 Å². The molecular weight excluding hydrogens is 206 g/mol. The van der Waals surface area contributed by atoms with Crippen molar-refractivity contribution in [3.63, 3.8) is 0 Å². The first-order valence-electron chi connectivity index (χ1n) is 5.82. The second kappa shape index (κ2) is 6.60. The average Bonchev–Trinajstić information content (AvgIpc) is 2.77. The number of rotatable bonds is 7. The first-order chi connectivity index (χ1) is 7.72. The zero-order valence-electron chi connectivity index (χ0n) is 10.5. The molecule has 0 saturated carbocycles. The van der Waals surface area contributed by atoms with Crippen LogP contribution in [-0.2, 0) is 4.74 Å². The van der Waals surface area contributed by atoms with Gasteiger partial charge in [0.25, 0.3) is 0 Å². The molecule has 1 N–H and O–H groups in total. The van der Waals surface area contributed by atoms with Crippen molar-refractivity contribution in [2.45, 2.75) is 45.8 Å². The average molecular weight is 227 g/mol. The number of methoxy groups -OCH3 is 1. The van der Waals surface area contributed by atoms with Gasteiger partial charge in [-0.25, -0.2) is 0 Å². The highest BCUT2D eigenvalue weighted by Gasteiger charge is 2.18. The summed E-state index contributed by atoms with van der Waals surface area (Å²) in [6.07, 6.45) is 1.85. The molecule has 1 heterocycles. The Balaban J connectivity index is 2.62. The van der Waals surface area contributed by atoms with Crippen LogP contribution in [0.1, 0.15) is 57.5 Å². The molecule has 0 aliphatic rings. The van der Waals surface area contributed by atoms with Gasteiger partial charge in [-0.15, -0.1) is 0 Å². The summed E-state index contributed by atoms with van der Waals surface area (Å²) in [7, 11) is 1.66. The van der Waals surface area contributed by atoms with Gasteiger partial charge in [-0.3, -0.25) is 0 Å². The van der Waals surface area contributed by atoms with E-state index in [2.05, 4.69) is 22.4 Å². The van der Waals surface area contributed by atoms with Crippen LogP contribution in [0.5, 0.6) is 0 Å². The fourth-order valence-corrected chi connectivity index (χ4v) is 1.46. The smallest absolute Gasteiger partial charge is 0.243 e. The largest absolute Gasteiger partial charge is 0.373 e. The number of ether oxygens (including phenoxy) is 1. The van der Waals surface area contributed by atoms with Gasteiger partial charge in [0.2, 0.25) is 11.7 Å². The highest BCUT2D eigenvalue weighted by Crippen LogP contribution is 2.18. The lowest BCUT2D eigenvalue weighted by Crippen LogP contribution is -2.19. The van der Waals surface area contributed by atoms with Gasteiger partial charge in [-0.2, -0.15) is 4.98 Å². The summed E-state index contributed by atoms with van der Waals surface area (Å²) in [6.45, 7) is 7.11. The fraction of sp³-hybridized carbons (Fsp3) is 0.818. The van der Waals surface area contributed by atoms with E-state index in [1.165, 1.54) is 0 Å². The molecule has 0 amide bonds. The molecule has 2 unspecified atom stereocenters. The van der Waals surface area contributed by atoms with Gasteiger partial charge in [0, 0.05) is 7.11 Å². The second-order valence-corrected chi connectivity index (χ2v) is 3.80. The van der Waals surface area contributed by atoms with E-state index in [9.17, 15) is 0 Å². The molecule has 0 aliphatic heterocycles. The van der Waals surface area contributed by atoms with Crippen molar-refractivity contribution in [2.24, 2.45) is 0 Å². The minimum atomic E-state index is -0.0733. The van der Waals surface area contributed by atoms with Gasteiger partial charge in [0.15, 0.2) is 0 Å². The Labute approximate surface area is 96.6 Å². The molecule has 0 fully saturated rings. The zero-order valence-corrected chi connectivity index (χ0v) is 10.5. The molecule has 0 spiro atoms. The van der Waals surface area contributed by atoms with Crippen LogP contribution in [0.4, 0.5) is 0 Å². The van der Waals surface area contributed by atoms with Crippen molar-refractivity contribution in [1.82, 2.24) is 15.5 Å². The van der Waals surface area contributed by atoms with Crippen molar-refractivity contribution < 1.29 is 9.26 Å². The van der Waals surface area contributed by atoms with Crippen LogP contribution in [-0.4, -0.2) is 23.8 Å². The maximum absolute atomic E-state index is 5.25. The van der Waals surface area contributed by atoms with E-state index in [0.717, 1.165) is 19.4 Å². The lowest BCUT2D eigenvalue weighted by atomic mass is 10.2. The number of hydrogen-bond donors (Lipinski definition) is 1. The maximum atomic E-state index is 5.25. The summed E-state index contributed by atoms with van der Waals surface area (Å²) >= 11 is 0. The summed E-state index contributed by atoms with van der Waals surface area (Å²) in [5.41, 5.74) is 0. The quantitative estimate of drug-likeness (QED) is 0.774. The highest BCUT2D eigenvalue weighted by atomic mass is 16.5. The zero-order chi connectivity index (χ0) is 12.0. The van der Waals surface area contributed by atoms with E-state index < -0.39 is 0 Å². The Bertz CT molecular complexity index is 297. The van der Waals surface area contributed by atoms with Gasteiger partial charge in [0.05, 0.1) is 6.04 Å². The third-order valence-corrected chi connectivity index (χ3v) is 2.47. The third kappa shape index (κ3) is 3.28. The molecular formula is C11H21N3O2. The normalized spacial score (nSPS) is 15.0. The second-order valence-electron chi connectivity index (χ2n) is 3.80. The minimum absolute atomic E-state index is 0.0733. The Hall–Kier alpha value is -0.940. The molecule has 5 heteroatoms. The van der Waals surface area contributed by atoms with Crippen molar-refractivity contribution in [3.8, 4) is 0 Å². The maximum Gasteiger partial charge on any atom is 0.243 e. The van der Waals surface area contributed by atoms with E-state index in [4.69, 9.17) is 9.26 Å². The van der Waals surface area contributed by atoms with Gasteiger partial charge in [-0.05, 0) is 26.3 Å². The fourth-order valence-electron chi connectivity index (χ4n) is 1.46. The van der Waals surface area contributed by atoms with E-state index in [1.807, 2.05) is 13.8 Å². The van der Waals surface area contributed by atoms with E-state index in [1.54, 1.807) is 7.11 Å². The lowest BCUT2D eigenvalue weighted by molar-refractivity contribution is 0.0903. The molecule has 0 bridgehead atoms. The molecule has 5 nitrogen and oxygen atoms in total. The molecule has 1 aromatic rings. The molecule has 0 aromatic carbocycles. The van der Waals surface area contributed by atoms with E-state index in [0.29, 0.717) is 11.7 Å². The topological polar surface area (TPSA) is 60.2 Å². The van der Waals surface area contributed by atoms with Crippen LogP contribution in [0, 0.1) is 0 Å². The third-order valence-electron chi connectivity index (χ3n) is 2.47. The van der Waals surface area contributed by atoms with Gasteiger partial charge >= 0.3 is 0 Å². The molecule has 0 aliphatic carbocycles. The first kappa shape index (κ1) is 13.1. The molecule has 0 radical (unpaired) electrons. The van der Waals surface area contributed by atoms with Crippen LogP contribution in [0.2, 0.25) is 0 Å². The summed E-state index contributed by atoms with van der Waals surface area (Å²) < 4.78 is 10.5. The van der Waals surface area contributed by atoms with Crippen LogP contribution in [0.25, 0.3) is 0 Å². The van der Waals surface area contributed by atoms with Crippen LogP contribution in [0.15, 0.2) is 4.52 Å². The molecule has 2 atom stereocenters. The molecule has 16 heavy (non-hydrogen) atoms. The standard InChI is InChI=1S/C11H21N3O2/c1-5-7-12-8(3)11-13-10(14-16-11)9(6-2)15-4/h8-9,12H,5-7H2,1-4H3. The van der Waals surface area contributed by atoms with Crippen molar-refractivity contribution in [3.05, 3.63) is 11.7 Å². The number of nitrogens with zero attached hydrogens (tertiary/aromatic N) is 2. The minimum Gasteiger partial charge on any atom is -0.373 e. The highest BCUT2D eigenvalue weighted by molar-refractivity contribution is 4.94. The van der Waals surface area contributed by atoms with Gasteiger partial charge < -0.3 is 14.6 Å². The number of nitrogens with one attached hydrogen (secondary N) is 1. The van der Waals surface area contributed by atoms with E-state index in [-0.39, 0.29) is 12.1 Å². The molecule has 0 saturated heterocycles. The van der Waals surface area contributed by atoms with Gasteiger partial charge in [-0.1, -0.05) is 19.0 Å². The summed E-state index contributed by atoms with van der Waals surface area (Å²) in [4.78, 5) is 4.34. The lowest BCUT2D eigenvalue weighted by Gasteiger charge is -2.08. The Kier molecular flexibility index (Phi) is 5.42. The van der Waals surface area contributed by atoms with Crippen molar-refractivity contribution in [2.75, 3.05) is 13.7 Å². The summed E-state index contributed by atoms with van der Waals surface area (Å²) in [5, 5.41) is 7.24. The SMILES string of the molecule is CCCNC(C)c1nc(C(CC)OC)no1. The summed E-state index contributed by atoms with van der Waals surface area (Å²) in [5.74, 6) is 1.25.